The molecular weight excluding hydrogens is 971 g/mol. The number of amides is 1. The van der Waals surface area contributed by atoms with Gasteiger partial charge in [-0.1, -0.05) is 130 Å². The number of fused-ring (bicyclic) bond motifs is 2. The summed E-state index contributed by atoms with van der Waals surface area (Å²) in [4.78, 5) is 43.9. The number of rotatable bonds is 11. The third kappa shape index (κ3) is 11.9. The molecule has 1 amide bonds. The predicted octanol–water partition coefficient (Wildman–Crippen LogP) is 10.5. The lowest BCUT2D eigenvalue weighted by molar-refractivity contribution is -0.131. The zero-order chi connectivity index (χ0) is 54.0. The molecule has 78 heavy (non-hydrogen) atoms. The second-order valence-corrected chi connectivity index (χ2v) is 20.5. The number of hydrogen-bond donors (Lipinski definition) is 0. The third-order valence-corrected chi connectivity index (χ3v) is 15.6. The molecule has 0 bridgehead atoms. The summed E-state index contributed by atoms with van der Waals surface area (Å²) in [6.07, 6.45) is 5.27. The summed E-state index contributed by atoms with van der Waals surface area (Å²) in [5.74, 6) is 2.52. The Bertz CT molecular complexity index is 3200. The van der Waals surface area contributed by atoms with Crippen molar-refractivity contribution in [3.8, 4) is 62.6 Å². The Hall–Kier alpha value is -8.12. The minimum Gasteiger partial charge on any atom is -0.474 e. The zero-order valence-corrected chi connectivity index (χ0v) is 45.7. The van der Waals surface area contributed by atoms with Gasteiger partial charge in [0.05, 0.1) is 24.5 Å². The Morgan fingerprint density at radius 2 is 1.19 bits per heavy atom. The van der Waals surface area contributed by atoms with Gasteiger partial charge < -0.3 is 29.1 Å². The smallest absolute Gasteiger partial charge is 0.245 e. The normalized spacial score (nSPS) is 16.6. The molecule has 4 aromatic carbocycles. The summed E-state index contributed by atoms with van der Waals surface area (Å²) in [7, 11) is 2.09. The number of piperazine rings is 1. The van der Waals surface area contributed by atoms with Crippen LogP contribution in [0.5, 0.6) is 11.8 Å². The first-order valence-electron chi connectivity index (χ1n) is 27.7. The van der Waals surface area contributed by atoms with Crippen LogP contribution in [-0.2, 0) is 17.9 Å². The maximum absolute atomic E-state index is 11.9. The Balaban J connectivity index is 0.000000171. The number of piperidine rings is 1. The molecule has 0 atom stereocenters. The van der Waals surface area contributed by atoms with E-state index in [0.717, 1.165) is 160 Å². The molecule has 7 aromatic rings. The molecule has 0 N–H and O–H groups in total. The minimum absolute atomic E-state index is 0.0635. The summed E-state index contributed by atoms with van der Waals surface area (Å²) in [5.41, 5.74) is 13.7. The van der Waals surface area contributed by atoms with Gasteiger partial charge in [-0.3, -0.25) is 14.6 Å². The van der Waals surface area contributed by atoms with E-state index in [0.29, 0.717) is 30.4 Å². The van der Waals surface area contributed by atoms with Crippen molar-refractivity contribution in [3.63, 3.8) is 0 Å². The third-order valence-electron chi connectivity index (χ3n) is 15.6. The molecule has 8 heterocycles. The number of hydrogen-bond acceptors (Lipinski definition) is 13. The van der Waals surface area contributed by atoms with Gasteiger partial charge >= 0.3 is 0 Å². The van der Waals surface area contributed by atoms with Gasteiger partial charge in [0.15, 0.2) is 0 Å². The van der Waals surface area contributed by atoms with Crippen LogP contribution in [0.15, 0.2) is 146 Å². The number of anilines is 3. The molecule has 3 aromatic heterocycles. The van der Waals surface area contributed by atoms with Crippen LogP contribution in [0.1, 0.15) is 50.6 Å². The fraction of sp³-hybridized carbons (Fsp3) is 0.344. The zero-order valence-electron chi connectivity index (χ0n) is 45.7. The number of ether oxygens (including phenoxy) is 2. The highest BCUT2D eigenvalue weighted by molar-refractivity contribution is 5.87. The molecule has 400 valence electrons. The van der Waals surface area contributed by atoms with Crippen molar-refractivity contribution in [2.45, 2.75) is 46.7 Å². The van der Waals surface area contributed by atoms with E-state index in [1.165, 1.54) is 17.2 Å². The second kappa shape index (κ2) is 24.5. The number of nitrogens with zero attached hydrogens (tertiary/aromatic N) is 11. The second-order valence-electron chi connectivity index (χ2n) is 20.5. The van der Waals surface area contributed by atoms with Crippen LogP contribution in [0.2, 0.25) is 0 Å². The van der Waals surface area contributed by atoms with E-state index in [1.807, 2.05) is 43.0 Å². The Kier molecular flexibility index (Phi) is 16.7. The standard InChI is InChI=1S/C31H31N7O.C31H34N4O2.C2H6/c1-2-37-18-19-39-31-27(37)20-26(24-6-4-3-5-7-24)30(35-31)25-10-8-23(9-11-25)22-36-14-16-38(17-15-36)29-12-13-33-28(21-32)34-29;1-3-28(36)35-15-13-31(14-16-35)21-34(22-31)20-23-9-11-25(12-10-23)29-26(24-7-5-4-6-8-24)19-27-30(32-29)37-18-17-33(27)2;1-2/h3-13,20H,2,14-19,22H2,1H3;3-12,19H,1,13-18,20-22H2,2H3;1-2H3. The number of pyridine rings is 2. The number of nitriles is 1. The van der Waals surface area contributed by atoms with Crippen LogP contribution in [0.3, 0.4) is 0 Å². The first-order chi connectivity index (χ1) is 38.2. The first-order valence-corrected chi connectivity index (χ1v) is 27.7. The summed E-state index contributed by atoms with van der Waals surface area (Å²) in [5, 5.41) is 9.09. The van der Waals surface area contributed by atoms with Gasteiger partial charge in [0.25, 0.3) is 0 Å². The molecule has 0 radical (unpaired) electrons. The largest absolute Gasteiger partial charge is 0.474 e. The van der Waals surface area contributed by atoms with Crippen molar-refractivity contribution in [1.82, 2.24) is 34.6 Å². The molecular formula is C64H71N11O3. The summed E-state index contributed by atoms with van der Waals surface area (Å²) >= 11 is 0. The van der Waals surface area contributed by atoms with Crippen LogP contribution in [0.4, 0.5) is 17.2 Å². The van der Waals surface area contributed by atoms with E-state index >= 15 is 0 Å². The van der Waals surface area contributed by atoms with E-state index in [4.69, 9.17) is 24.7 Å². The van der Waals surface area contributed by atoms with Gasteiger partial charge in [-0.05, 0) is 71.7 Å². The van der Waals surface area contributed by atoms with E-state index < -0.39 is 0 Å². The average molecular weight is 1040 g/mol. The minimum atomic E-state index is 0.0635. The summed E-state index contributed by atoms with van der Waals surface area (Å²) in [6.45, 7) is 23.1. The van der Waals surface area contributed by atoms with Crippen molar-refractivity contribution in [3.05, 3.63) is 163 Å². The highest BCUT2D eigenvalue weighted by Crippen LogP contribution is 2.43. The van der Waals surface area contributed by atoms with Gasteiger partial charge in [0, 0.05) is 107 Å². The highest BCUT2D eigenvalue weighted by atomic mass is 16.5. The number of likely N-dealkylation sites (tertiary alicyclic amines) is 2. The van der Waals surface area contributed by atoms with Crippen molar-refractivity contribution in [1.29, 1.82) is 5.26 Å². The highest BCUT2D eigenvalue weighted by Gasteiger charge is 2.45. The molecule has 14 heteroatoms. The van der Waals surface area contributed by atoms with Crippen LogP contribution in [-0.4, -0.2) is 133 Å². The van der Waals surface area contributed by atoms with Crippen molar-refractivity contribution < 1.29 is 14.3 Å². The molecule has 0 aliphatic carbocycles. The molecule has 3 fully saturated rings. The van der Waals surface area contributed by atoms with E-state index in [-0.39, 0.29) is 11.7 Å². The summed E-state index contributed by atoms with van der Waals surface area (Å²) < 4.78 is 11.9. The number of likely N-dealkylation sites (N-methyl/N-ethyl adjacent to an activating group) is 2. The topological polar surface area (TPSA) is 130 Å². The van der Waals surface area contributed by atoms with Crippen LogP contribution >= 0.6 is 0 Å². The fourth-order valence-electron chi connectivity index (χ4n) is 11.3. The quantitative estimate of drug-likeness (QED) is 0.114. The summed E-state index contributed by atoms with van der Waals surface area (Å²) in [6, 6.07) is 46.9. The molecule has 0 saturated carbocycles. The molecule has 14 nitrogen and oxygen atoms in total. The van der Waals surface area contributed by atoms with Gasteiger partial charge in [-0.2, -0.15) is 5.26 Å². The van der Waals surface area contributed by atoms with E-state index in [9.17, 15) is 4.79 Å². The van der Waals surface area contributed by atoms with Crippen LogP contribution in [0.25, 0.3) is 44.8 Å². The van der Waals surface area contributed by atoms with E-state index in [1.54, 1.807) is 6.20 Å². The number of carbonyl (C=O) groups is 1. The molecule has 5 aliphatic heterocycles. The van der Waals surface area contributed by atoms with Gasteiger partial charge in [-0.25, -0.2) is 19.9 Å². The van der Waals surface area contributed by atoms with Crippen molar-refractivity contribution in [2.75, 3.05) is 107 Å². The van der Waals surface area contributed by atoms with Crippen LogP contribution < -0.4 is 24.2 Å². The number of carbonyl (C=O) groups excluding carboxylic acids is 1. The molecule has 3 saturated heterocycles. The first kappa shape index (κ1) is 53.3. The SMILES string of the molecule is C=CC(=O)N1CCC2(CC1)CN(Cc1ccc(-c3nc4c(cc3-c3ccccc3)N(C)CCO4)cc1)C2.CC.CCN1CCOc2nc(-c3ccc(CN4CCN(c5ccnc(C#N)n5)CC4)cc3)c(-c3ccccc3)cc21. The van der Waals surface area contributed by atoms with Crippen molar-refractivity contribution in [2.24, 2.45) is 5.41 Å². The average Bonchev–Trinajstić information content (AvgIpc) is 3.66. The lowest BCUT2D eigenvalue weighted by atomic mass is 9.72. The molecule has 5 aliphatic rings. The van der Waals surface area contributed by atoms with Crippen molar-refractivity contribution >= 4 is 23.1 Å². The predicted molar refractivity (Wildman–Crippen MR) is 312 cm³/mol. The molecule has 1 spiro atoms. The molecule has 0 unspecified atom stereocenters. The molecule has 12 rings (SSSR count). The van der Waals surface area contributed by atoms with Gasteiger partial charge in [0.2, 0.25) is 23.5 Å². The lowest BCUT2D eigenvalue weighted by Gasteiger charge is -2.54. The van der Waals surface area contributed by atoms with E-state index in [2.05, 4.69) is 164 Å². The maximum Gasteiger partial charge on any atom is 0.245 e. The number of aromatic nitrogens is 4. The Morgan fingerprint density at radius 3 is 1.74 bits per heavy atom. The number of benzene rings is 4. The lowest BCUT2D eigenvalue weighted by Crippen LogP contribution is -2.60. The monoisotopic (exact) mass is 1040 g/mol. The maximum atomic E-state index is 11.9. The fourth-order valence-corrected chi connectivity index (χ4v) is 11.3. The Labute approximate surface area is 460 Å². The van der Waals surface area contributed by atoms with Crippen LogP contribution in [0, 0.1) is 16.7 Å². The van der Waals surface area contributed by atoms with Gasteiger partial charge in [0.1, 0.15) is 36.5 Å². The Morgan fingerprint density at radius 1 is 0.654 bits per heavy atom. The van der Waals surface area contributed by atoms with Gasteiger partial charge in [-0.15, -0.1) is 0 Å².